The highest BCUT2D eigenvalue weighted by Crippen LogP contribution is 2.25. The Bertz CT molecular complexity index is 513. The van der Waals surface area contributed by atoms with Gasteiger partial charge in [0.05, 0.1) is 18.2 Å². The van der Waals surface area contributed by atoms with Gasteiger partial charge in [0.25, 0.3) is 5.91 Å². The van der Waals surface area contributed by atoms with Crippen molar-refractivity contribution in [3.05, 3.63) is 42.7 Å². The highest BCUT2D eigenvalue weighted by atomic mass is 19.1. The fourth-order valence-corrected chi connectivity index (χ4v) is 2.15. The molecule has 0 unspecified atom stereocenters. The third-order valence-corrected chi connectivity index (χ3v) is 3.16. The van der Waals surface area contributed by atoms with Gasteiger partial charge < -0.3 is 0 Å². The number of anilines is 1. The van der Waals surface area contributed by atoms with Crippen LogP contribution < -0.4 is 4.90 Å². The Morgan fingerprint density at radius 2 is 2.05 bits per heavy atom. The molecule has 0 aromatic heterocycles. The number of nitrogens with zero attached hydrogens (tertiary/aromatic N) is 2. The lowest BCUT2D eigenvalue weighted by molar-refractivity contribution is -0.122. The van der Waals surface area contributed by atoms with Gasteiger partial charge in [0.2, 0.25) is 5.91 Å². The molecule has 5 heteroatoms. The SMILES string of the molecule is C=CCN(C)[C@H]1CC(=O)N(c2ccc(F)cc2)C1=O. The fourth-order valence-electron chi connectivity index (χ4n) is 2.15. The smallest absolute Gasteiger partial charge is 0.251 e. The number of amides is 2. The second-order valence-electron chi connectivity index (χ2n) is 4.49. The Labute approximate surface area is 111 Å². The van der Waals surface area contributed by atoms with Crippen molar-refractivity contribution >= 4 is 17.5 Å². The summed E-state index contributed by atoms with van der Waals surface area (Å²) >= 11 is 0. The molecule has 1 aromatic rings. The molecule has 2 rings (SSSR count). The van der Waals surface area contributed by atoms with Crippen molar-refractivity contribution in [1.82, 2.24) is 4.90 Å². The van der Waals surface area contributed by atoms with Gasteiger partial charge in [-0.2, -0.15) is 0 Å². The zero-order chi connectivity index (χ0) is 14.0. The molecule has 4 nitrogen and oxygen atoms in total. The van der Waals surface area contributed by atoms with Gasteiger partial charge in [-0.05, 0) is 31.3 Å². The van der Waals surface area contributed by atoms with Gasteiger partial charge >= 0.3 is 0 Å². The molecular weight excluding hydrogens is 247 g/mol. The first-order valence-corrected chi connectivity index (χ1v) is 5.98. The second kappa shape index (κ2) is 5.32. The van der Waals surface area contributed by atoms with Crippen LogP contribution in [0.4, 0.5) is 10.1 Å². The summed E-state index contributed by atoms with van der Waals surface area (Å²) in [6.07, 6.45) is 1.82. The van der Waals surface area contributed by atoms with Crippen molar-refractivity contribution in [1.29, 1.82) is 0 Å². The molecule has 100 valence electrons. The monoisotopic (exact) mass is 262 g/mol. The lowest BCUT2D eigenvalue weighted by Crippen LogP contribution is -2.40. The van der Waals surface area contributed by atoms with Crippen molar-refractivity contribution in [2.75, 3.05) is 18.5 Å². The molecule has 1 fully saturated rings. The standard InChI is InChI=1S/C14H15FN2O2/c1-3-8-16(2)12-9-13(18)17(14(12)19)11-6-4-10(15)5-7-11/h3-7,12H,1,8-9H2,2H3/t12-/m0/s1. The number of hydrogen-bond donors (Lipinski definition) is 0. The normalized spacial score (nSPS) is 19.3. The van der Waals surface area contributed by atoms with E-state index in [1.54, 1.807) is 18.0 Å². The summed E-state index contributed by atoms with van der Waals surface area (Å²) < 4.78 is 12.9. The van der Waals surface area contributed by atoms with Gasteiger partial charge in [-0.3, -0.25) is 14.5 Å². The Balaban J connectivity index is 2.23. The van der Waals surface area contributed by atoms with E-state index < -0.39 is 11.9 Å². The van der Waals surface area contributed by atoms with Crippen LogP contribution in [0.5, 0.6) is 0 Å². The molecule has 0 bridgehead atoms. The molecule has 2 amide bonds. The van der Waals surface area contributed by atoms with E-state index in [0.29, 0.717) is 12.2 Å². The first-order chi connectivity index (χ1) is 9.04. The number of imide groups is 1. The third-order valence-electron chi connectivity index (χ3n) is 3.16. The van der Waals surface area contributed by atoms with Gasteiger partial charge in [-0.15, -0.1) is 6.58 Å². The molecule has 0 aliphatic carbocycles. The molecule has 19 heavy (non-hydrogen) atoms. The van der Waals surface area contributed by atoms with Crippen LogP contribution in [0.2, 0.25) is 0 Å². The van der Waals surface area contributed by atoms with E-state index in [1.807, 2.05) is 0 Å². The van der Waals surface area contributed by atoms with Gasteiger partial charge in [-0.1, -0.05) is 6.08 Å². The van der Waals surface area contributed by atoms with E-state index in [4.69, 9.17) is 0 Å². The predicted octanol–water partition coefficient (Wildman–Crippen LogP) is 1.58. The van der Waals surface area contributed by atoms with Crippen molar-refractivity contribution in [3.63, 3.8) is 0 Å². The van der Waals surface area contributed by atoms with E-state index in [2.05, 4.69) is 6.58 Å². The maximum absolute atomic E-state index is 12.9. The summed E-state index contributed by atoms with van der Waals surface area (Å²) in [5.74, 6) is -0.943. The minimum atomic E-state index is -0.476. The number of rotatable bonds is 4. The molecule has 1 heterocycles. The predicted molar refractivity (Wildman–Crippen MR) is 70.1 cm³/mol. The van der Waals surface area contributed by atoms with E-state index in [-0.39, 0.29) is 18.2 Å². The van der Waals surface area contributed by atoms with Gasteiger partial charge in [0, 0.05) is 6.54 Å². The van der Waals surface area contributed by atoms with E-state index in [9.17, 15) is 14.0 Å². The van der Waals surface area contributed by atoms with Crippen LogP contribution in [-0.4, -0.2) is 36.3 Å². The van der Waals surface area contributed by atoms with Crippen molar-refractivity contribution < 1.29 is 14.0 Å². The Kier molecular flexibility index (Phi) is 3.76. The van der Waals surface area contributed by atoms with Crippen LogP contribution in [0, 0.1) is 5.82 Å². The summed E-state index contributed by atoms with van der Waals surface area (Å²) in [6.45, 7) is 4.14. The Hall–Kier alpha value is -2.01. The molecule has 0 saturated carbocycles. The van der Waals surface area contributed by atoms with Crippen molar-refractivity contribution in [3.8, 4) is 0 Å². The summed E-state index contributed by atoms with van der Waals surface area (Å²) in [4.78, 5) is 27.1. The minimum absolute atomic E-state index is 0.139. The highest BCUT2D eigenvalue weighted by molar-refractivity contribution is 6.22. The van der Waals surface area contributed by atoms with Crippen LogP contribution in [0.3, 0.4) is 0 Å². The van der Waals surface area contributed by atoms with Gasteiger partial charge in [-0.25, -0.2) is 9.29 Å². The summed E-state index contributed by atoms with van der Waals surface area (Å²) in [5, 5.41) is 0. The number of benzene rings is 1. The quantitative estimate of drug-likeness (QED) is 0.611. The Morgan fingerprint density at radius 1 is 1.42 bits per heavy atom. The maximum atomic E-state index is 12.9. The van der Waals surface area contributed by atoms with Gasteiger partial charge in [0.1, 0.15) is 5.82 Å². The maximum Gasteiger partial charge on any atom is 0.251 e. The van der Waals surface area contributed by atoms with E-state index in [0.717, 1.165) is 4.90 Å². The molecule has 0 spiro atoms. The van der Waals surface area contributed by atoms with Crippen LogP contribution in [0.15, 0.2) is 36.9 Å². The number of carbonyl (C=O) groups excluding carboxylic acids is 2. The first kappa shape index (κ1) is 13.4. The largest absolute Gasteiger partial charge is 0.291 e. The highest BCUT2D eigenvalue weighted by Gasteiger charge is 2.41. The second-order valence-corrected chi connectivity index (χ2v) is 4.49. The molecule has 1 saturated heterocycles. The molecule has 0 radical (unpaired) electrons. The average molecular weight is 262 g/mol. The van der Waals surface area contributed by atoms with Gasteiger partial charge in [0.15, 0.2) is 0 Å². The zero-order valence-corrected chi connectivity index (χ0v) is 10.7. The molecule has 1 aliphatic heterocycles. The van der Waals surface area contributed by atoms with Crippen molar-refractivity contribution in [2.24, 2.45) is 0 Å². The third kappa shape index (κ3) is 2.56. The summed E-state index contributed by atoms with van der Waals surface area (Å²) in [7, 11) is 1.77. The minimum Gasteiger partial charge on any atom is -0.291 e. The molecule has 1 aromatic carbocycles. The van der Waals surface area contributed by atoms with Crippen LogP contribution in [0.25, 0.3) is 0 Å². The topological polar surface area (TPSA) is 40.6 Å². The lowest BCUT2D eigenvalue weighted by Gasteiger charge is -2.21. The van der Waals surface area contributed by atoms with Crippen LogP contribution in [-0.2, 0) is 9.59 Å². The van der Waals surface area contributed by atoms with Crippen molar-refractivity contribution in [2.45, 2.75) is 12.5 Å². The number of carbonyl (C=O) groups is 2. The zero-order valence-electron chi connectivity index (χ0n) is 10.7. The van der Waals surface area contributed by atoms with E-state index >= 15 is 0 Å². The average Bonchev–Trinajstić information content (AvgIpc) is 2.67. The number of halogens is 1. The fraction of sp³-hybridized carbons (Fsp3) is 0.286. The molecule has 1 aliphatic rings. The Morgan fingerprint density at radius 3 is 2.63 bits per heavy atom. The number of likely N-dealkylation sites (N-methyl/N-ethyl adjacent to an activating group) is 1. The summed E-state index contributed by atoms with van der Waals surface area (Å²) in [5.41, 5.74) is 0.408. The van der Waals surface area contributed by atoms with Crippen LogP contribution >= 0.6 is 0 Å². The lowest BCUT2D eigenvalue weighted by atomic mass is 10.2. The van der Waals surface area contributed by atoms with E-state index in [1.165, 1.54) is 24.3 Å². The molecule has 0 N–H and O–H groups in total. The summed E-state index contributed by atoms with van der Waals surface area (Å²) in [6, 6.07) is 4.85. The van der Waals surface area contributed by atoms with Crippen LogP contribution in [0.1, 0.15) is 6.42 Å². The number of hydrogen-bond acceptors (Lipinski definition) is 3. The first-order valence-electron chi connectivity index (χ1n) is 5.98. The molecular formula is C14H15FN2O2. The molecule has 1 atom stereocenters.